The lowest BCUT2D eigenvalue weighted by atomic mass is 9.97. The Kier molecular flexibility index (Phi) is 4.14. The summed E-state index contributed by atoms with van der Waals surface area (Å²) in [6.07, 6.45) is 0. The maximum Gasteiger partial charge on any atom is 0.311 e. The molecule has 0 fully saturated rings. The van der Waals surface area contributed by atoms with Crippen LogP contribution in [0.1, 0.15) is 26.3 Å². The van der Waals surface area contributed by atoms with Crippen LogP contribution in [0.4, 0.5) is 5.69 Å². The summed E-state index contributed by atoms with van der Waals surface area (Å²) in [6.45, 7) is 4.73. The van der Waals surface area contributed by atoms with Crippen molar-refractivity contribution in [2.75, 3.05) is 0 Å². The fraction of sp³-hybridized carbons (Fsp3) is 0.312. The van der Waals surface area contributed by atoms with Gasteiger partial charge < -0.3 is 14.9 Å². The maximum absolute atomic E-state index is 11.8. The van der Waals surface area contributed by atoms with Crippen molar-refractivity contribution in [2.24, 2.45) is 5.41 Å². The quantitative estimate of drug-likeness (QED) is 0.389. The number of rotatable bonds is 3. The maximum atomic E-state index is 11.8. The van der Waals surface area contributed by atoms with E-state index in [2.05, 4.69) is 0 Å². The highest BCUT2D eigenvalue weighted by Crippen LogP contribution is 2.37. The Hall–Kier alpha value is -2.83. The SMILES string of the molecule is CC(C)(C)C(=O)OCc1cc2c(O)c(O)ccc2cc1[N+](=O)[O-]. The first-order valence-electron chi connectivity index (χ1n) is 6.90. The third-order valence-corrected chi connectivity index (χ3v) is 3.34. The van der Waals surface area contributed by atoms with Crippen LogP contribution in [0.15, 0.2) is 24.3 Å². The van der Waals surface area contributed by atoms with Crippen molar-refractivity contribution in [3.8, 4) is 11.5 Å². The van der Waals surface area contributed by atoms with Crippen molar-refractivity contribution >= 4 is 22.4 Å². The van der Waals surface area contributed by atoms with Crippen molar-refractivity contribution in [3.05, 3.63) is 39.9 Å². The topological polar surface area (TPSA) is 110 Å². The standard InChI is InChI=1S/C16H17NO6/c1-16(2,3)15(20)23-8-10-6-11-9(7-12(10)17(21)22)4-5-13(18)14(11)19/h4-7,18-19H,8H2,1-3H3. The van der Waals surface area contributed by atoms with Gasteiger partial charge in [-0.3, -0.25) is 14.9 Å². The number of carbonyl (C=O) groups is 1. The highest BCUT2D eigenvalue weighted by Gasteiger charge is 2.25. The van der Waals surface area contributed by atoms with Crippen molar-refractivity contribution in [1.82, 2.24) is 0 Å². The number of hydrogen-bond donors (Lipinski definition) is 2. The molecule has 0 aliphatic heterocycles. The molecule has 2 rings (SSSR count). The van der Waals surface area contributed by atoms with E-state index in [1.807, 2.05) is 0 Å². The van der Waals surface area contributed by atoms with Crippen LogP contribution < -0.4 is 0 Å². The lowest BCUT2D eigenvalue weighted by Crippen LogP contribution is -2.22. The zero-order valence-corrected chi connectivity index (χ0v) is 13.0. The first kappa shape index (κ1) is 16.5. The molecule has 0 saturated carbocycles. The van der Waals surface area contributed by atoms with E-state index in [9.17, 15) is 25.1 Å². The number of nitro groups is 1. The molecule has 7 heteroatoms. The van der Waals surface area contributed by atoms with E-state index in [0.29, 0.717) is 5.39 Å². The molecule has 0 aliphatic carbocycles. The number of phenolic OH excluding ortho intramolecular Hbond substituents is 2. The van der Waals surface area contributed by atoms with Crippen LogP contribution in [-0.2, 0) is 16.1 Å². The third-order valence-electron chi connectivity index (χ3n) is 3.34. The Morgan fingerprint density at radius 3 is 2.48 bits per heavy atom. The Bertz CT molecular complexity index is 791. The Balaban J connectivity index is 2.48. The molecule has 0 atom stereocenters. The minimum atomic E-state index is -0.730. The van der Waals surface area contributed by atoms with Gasteiger partial charge in [-0.15, -0.1) is 0 Å². The minimum absolute atomic E-state index is 0.140. The van der Waals surface area contributed by atoms with Crippen LogP contribution in [0.25, 0.3) is 10.8 Å². The molecule has 0 bridgehead atoms. The number of benzene rings is 2. The van der Waals surface area contributed by atoms with Crippen LogP contribution >= 0.6 is 0 Å². The van der Waals surface area contributed by atoms with E-state index in [1.54, 1.807) is 20.8 Å². The molecule has 23 heavy (non-hydrogen) atoms. The van der Waals surface area contributed by atoms with Crippen LogP contribution in [-0.4, -0.2) is 21.1 Å². The highest BCUT2D eigenvalue weighted by atomic mass is 16.6. The van der Waals surface area contributed by atoms with E-state index in [4.69, 9.17) is 4.74 Å². The summed E-state index contributed by atoms with van der Waals surface area (Å²) < 4.78 is 5.11. The second-order valence-corrected chi connectivity index (χ2v) is 6.22. The molecule has 0 heterocycles. The van der Waals surface area contributed by atoms with Crippen molar-refractivity contribution < 1.29 is 24.7 Å². The first-order valence-corrected chi connectivity index (χ1v) is 6.90. The van der Waals surface area contributed by atoms with Gasteiger partial charge in [0.1, 0.15) is 6.61 Å². The number of carbonyl (C=O) groups excluding carboxylic acids is 1. The Labute approximate surface area is 132 Å². The molecule has 0 unspecified atom stereocenters. The molecule has 122 valence electrons. The largest absolute Gasteiger partial charge is 0.504 e. The molecule has 0 aromatic heterocycles. The lowest BCUT2D eigenvalue weighted by molar-refractivity contribution is -0.385. The molecular weight excluding hydrogens is 302 g/mol. The van der Waals surface area contributed by atoms with Gasteiger partial charge in [-0.05, 0) is 38.3 Å². The summed E-state index contributed by atoms with van der Waals surface area (Å²) in [5.41, 5.74) is -0.809. The van der Waals surface area contributed by atoms with Crippen LogP contribution in [0, 0.1) is 15.5 Å². The summed E-state index contributed by atoms with van der Waals surface area (Å²) in [4.78, 5) is 22.5. The van der Waals surface area contributed by atoms with Gasteiger partial charge in [0.15, 0.2) is 11.5 Å². The number of aromatic hydroxyl groups is 2. The summed E-state index contributed by atoms with van der Waals surface area (Å²) in [7, 11) is 0. The normalized spacial score (nSPS) is 11.4. The average Bonchev–Trinajstić information content (AvgIpc) is 2.47. The van der Waals surface area contributed by atoms with E-state index < -0.39 is 16.3 Å². The number of hydrogen-bond acceptors (Lipinski definition) is 6. The summed E-state index contributed by atoms with van der Waals surface area (Å²) in [6, 6.07) is 5.33. The molecule has 0 aliphatic rings. The minimum Gasteiger partial charge on any atom is -0.504 e. The number of phenols is 2. The van der Waals surface area contributed by atoms with Gasteiger partial charge in [0.2, 0.25) is 0 Å². The van der Waals surface area contributed by atoms with E-state index >= 15 is 0 Å². The predicted octanol–water partition coefficient (Wildman–Crippen LogP) is 3.25. The molecule has 0 spiro atoms. The van der Waals surface area contributed by atoms with Crippen molar-refractivity contribution in [2.45, 2.75) is 27.4 Å². The molecule has 0 amide bonds. The fourth-order valence-corrected chi connectivity index (χ4v) is 2.02. The summed E-state index contributed by atoms with van der Waals surface area (Å²) in [5.74, 6) is -1.20. The van der Waals surface area contributed by atoms with Crippen molar-refractivity contribution in [3.63, 3.8) is 0 Å². The third kappa shape index (κ3) is 3.33. The van der Waals surface area contributed by atoms with Gasteiger partial charge in [-0.25, -0.2) is 0 Å². The second-order valence-electron chi connectivity index (χ2n) is 6.22. The molecule has 2 aromatic carbocycles. The fourth-order valence-electron chi connectivity index (χ4n) is 2.02. The predicted molar refractivity (Wildman–Crippen MR) is 83.2 cm³/mol. The van der Waals surface area contributed by atoms with E-state index in [1.165, 1.54) is 24.3 Å². The molecule has 2 N–H and O–H groups in total. The van der Waals surface area contributed by atoms with E-state index in [-0.39, 0.29) is 34.7 Å². The number of esters is 1. The lowest BCUT2D eigenvalue weighted by Gasteiger charge is -2.16. The summed E-state index contributed by atoms with van der Waals surface area (Å²) in [5, 5.41) is 31.3. The number of nitro benzene ring substituents is 1. The number of ether oxygens (including phenoxy) is 1. The summed E-state index contributed by atoms with van der Waals surface area (Å²) >= 11 is 0. The molecule has 0 saturated heterocycles. The average molecular weight is 319 g/mol. The molecular formula is C16H17NO6. The molecule has 2 aromatic rings. The highest BCUT2D eigenvalue weighted by molar-refractivity contribution is 5.92. The number of nitrogens with zero attached hydrogens (tertiary/aromatic N) is 1. The van der Waals surface area contributed by atoms with Crippen LogP contribution in [0.5, 0.6) is 11.5 Å². The van der Waals surface area contributed by atoms with Gasteiger partial charge in [-0.1, -0.05) is 6.07 Å². The zero-order valence-electron chi connectivity index (χ0n) is 13.0. The van der Waals surface area contributed by atoms with Gasteiger partial charge >= 0.3 is 5.97 Å². The van der Waals surface area contributed by atoms with Gasteiger partial charge in [-0.2, -0.15) is 0 Å². The smallest absolute Gasteiger partial charge is 0.311 e. The monoisotopic (exact) mass is 319 g/mol. The van der Waals surface area contributed by atoms with Crippen LogP contribution in [0.2, 0.25) is 0 Å². The Morgan fingerprint density at radius 1 is 1.26 bits per heavy atom. The van der Waals surface area contributed by atoms with Gasteiger partial charge in [0, 0.05) is 11.5 Å². The molecule has 7 nitrogen and oxygen atoms in total. The van der Waals surface area contributed by atoms with Gasteiger partial charge in [0.25, 0.3) is 5.69 Å². The number of fused-ring (bicyclic) bond motifs is 1. The van der Waals surface area contributed by atoms with E-state index in [0.717, 1.165) is 0 Å². The second kappa shape index (κ2) is 5.75. The Morgan fingerprint density at radius 2 is 1.91 bits per heavy atom. The molecule has 0 radical (unpaired) electrons. The zero-order chi connectivity index (χ0) is 17.4. The first-order chi connectivity index (χ1) is 10.6. The van der Waals surface area contributed by atoms with Gasteiger partial charge in [0.05, 0.1) is 15.9 Å². The van der Waals surface area contributed by atoms with Crippen LogP contribution in [0.3, 0.4) is 0 Å². The van der Waals surface area contributed by atoms with Crippen molar-refractivity contribution in [1.29, 1.82) is 0 Å².